The van der Waals surface area contributed by atoms with Crippen LogP contribution in [0.3, 0.4) is 0 Å². The van der Waals surface area contributed by atoms with E-state index in [9.17, 15) is 4.79 Å². The summed E-state index contributed by atoms with van der Waals surface area (Å²) in [5.74, 6) is 0.918. The Labute approximate surface area is 201 Å². The predicted molar refractivity (Wildman–Crippen MR) is 137 cm³/mol. The number of fused-ring (bicyclic) bond motifs is 1. The van der Waals surface area contributed by atoms with E-state index in [2.05, 4.69) is 80.4 Å². The molecule has 5 aromatic rings. The Morgan fingerprint density at radius 1 is 0.788 bits per heavy atom. The molecule has 1 aromatic heterocycles. The van der Waals surface area contributed by atoms with Gasteiger partial charge in [-0.1, -0.05) is 58.4 Å². The molecular formula is C28H22BrN3O. The van der Waals surface area contributed by atoms with Crippen molar-refractivity contribution in [2.24, 2.45) is 0 Å². The maximum absolute atomic E-state index is 12.4. The molecule has 1 N–H and O–H groups in total. The summed E-state index contributed by atoms with van der Waals surface area (Å²) in [6.45, 7) is 0. The third-order valence-corrected chi connectivity index (χ3v) is 6.13. The predicted octanol–water partition coefficient (Wildman–Crippen LogP) is 6.83. The number of aryl methyl sites for hydroxylation is 2. The maximum Gasteiger partial charge on any atom is 0.255 e. The Bertz CT molecular complexity index is 1390. The van der Waals surface area contributed by atoms with Gasteiger partial charge in [0.2, 0.25) is 0 Å². The third kappa shape index (κ3) is 4.73. The average Bonchev–Trinajstić information content (AvgIpc) is 3.23. The van der Waals surface area contributed by atoms with Gasteiger partial charge in [0.05, 0.1) is 11.0 Å². The lowest BCUT2D eigenvalue weighted by atomic mass is 10.1. The number of para-hydroxylation sites is 3. The van der Waals surface area contributed by atoms with Gasteiger partial charge in [0.1, 0.15) is 5.82 Å². The summed E-state index contributed by atoms with van der Waals surface area (Å²) < 4.78 is 3.19. The number of aromatic nitrogens is 2. The molecule has 0 atom stereocenters. The minimum Gasteiger partial charge on any atom is -0.322 e. The van der Waals surface area contributed by atoms with Crippen LogP contribution in [-0.4, -0.2) is 15.5 Å². The second-order valence-electron chi connectivity index (χ2n) is 7.85. The fraction of sp³-hybridized carbons (Fsp3) is 0.0714. The lowest BCUT2D eigenvalue weighted by Gasteiger charge is -2.10. The summed E-state index contributed by atoms with van der Waals surface area (Å²) in [4.78, 5) is 17.3. The van der Waals surface area contributed by atoms with Crippen LogP contribution >= 0.6 is 15.9 Å². The topological polar surface area (TPSA) is 46.9 Å². The molecule has 0 saturated carbocycles. The second kappa shape index (κ2) is 9.43. The van der Waals surface area contributed by atoms with E-state index in [0.717, 1.165) is 45.5 Å². The Morgan fingerprint density at radius 2 is 1.48 bits per heavy atom. The highest BCUT2D eigenvalue weighted by Gasteiger charge is 2.12. The van der Waals surface area contributed by atoms with Gasteiger partial charge in [-0.25, -0.2) is 4.98 Å². The van der Waals surface area contributed by atoms with E-state index in [-0.39, 0.29) is 5.91 Å². The van der Waals surface area contributed by atoms with Crippen LogP contribution in [0.25, 0.3) is 16.7 Å². The monoisotopic (exact) mass is 495 g/mol. The van der Waals surface area contributed by atoms with Crippen molar-refractivity contribution in [3.8, 4) is 5.69 Å². The van der Waals surface area contributed by atoms with Crippen molar-refractivity contribution >= 4 is 38.6 Å². The first-order valence-corrected chi connectivity index (χ1v) is 11.6. The van der Waals surface area contributed by atoms with Crippen LogP contribution in [0.5, 0.6) is 0 Å². The van der Waals surface area contributed by atoms with Crippen molar-refractivity contribution in [2.75, 3.05) is 5.32 Å². The molecule has 0 aliphatic carbocycles. The lowest BCUT2D eigenvalue weighted by Crippen LogP contribution is -2.11. The number of hydrogen-bond donors (Lipinski definition) is 1. The summed E-state index contributed by atoms with van der Waals surface area (Å²) in [5.41, 5.74) is 5.84. The maximum atomic E-state index is 12.4. The average molecular weight is 496 g/mol. The minimum absolute atomic E-state index is 0.119. The van der Waals surface area contributed by atoms with Crippen LogP contribution in [-0.2, 0) is 12.8 Å². The van der Waals surface area contributed by atoms with Gasteiger partial charge in [0, 0.05) is 27.8 Å². The highest BCUT2D eigenvalue weighted by atomic mass is 79.9. The van der Waals surface area contributed by atoms with Crippen molar-refractivity contribution in [1.29, 1.82) is 0 Å². The van der Waals surface area contributed by atoms with E-state index in [1.54, 1.807) is 12.1 Å². The number of carbonyl (C=O) groups excluding carboxylic acids is 1. The van der Waals surface area contributed by atoms with Crippen LogP contribution in [0, 0.1) is 0 Å². The number of anilines is 1. The molecule has 33 heavy (non-hydrogen) atoms. The van der Waals surface area contributed by atoms with E-state index in [1.165, 1.54) is 5.56 Å². The lowest BCUT2D eigenvalue weighted by molar-refractivity contribution is 0.102. The van der Waals surface area contributed by atoms with Crippen molar-refractivity contribution in [3.63, 3.8) is 0 Å². The number of benzene rings is 4. The van der Waals surface area contributed by atoms with Crippen molar-refractivity contribution < 1.29 is 4.79 Å². The summed E-state index contributed by atoms with van der Waals surface area (Å²) in [6.07, 6.45) is 1.67. The molecule has 0 aliphatic heterocycles. The van der Waals surface area contributed by atoms with Crippen molar-refractivity contribution in [2.45, 2.75) is 12.8 Å². The van der Waals surface area contributed by atoms with Crippen molar-refractivity contribution in [3.05, 3.63) is 125 Å². The second-order valence-corrected chi connectivity index (χ2v) is 8.76. The molecule has 4 aromatic carbocycles. The normalized spacial score (nSPS) is 10.9. The summed E-state index contributed by atoms with van der Waals surface area (Å²) in [5, 5.41) is 2.96. The van der Waals surface area contributed by atoms with Gasteiger partial charge in [-0.2, -0.15) is 0 Å². The zero-order chi connectivity index (χ0) is 22.6. The van der Waals surface area contributed by atoms with E-state index >= 15 is 0 Å². The van der Waals surface area contributed by atoms with Crippen LogP contribution < -0.4 is 5.32 Å². The highest BCUT2D eigenvalue weighted by molar-refractivity contribution is 9.10. The van der Waals surface area contributed by atoms with Crippen LogP contribution in [0.2, 0.25) is 0 Å². The molecule has 0 unspecified atom stereocenters. The molecule has 5 heteroatoms. The number of imidazole rings is 1. The van der Waals surface area contributed by atoms with Crippen LogP contribution in [0.15, 0.2) is 108 Å². The Kier molecular flexibility index (Phi) is 6.05. The number of nitrogens with zero attached hydrogens (tertiary/aromatic N) is 2. The first-order chi connectivity index (χ1) is 16.2. The van der Waals surface area contributed by atoms with Gasteiger partial charge >= 0.3 is 0 Å². The molecule has 5 rings (SSSR count). The van der Waals surface area contributed by atoms with Crippen LogP contribution in [0.4, 0.5) is 5.69 Å². The van der Waals surface area contributed by atoms with Gasteiger partial charge in [-0.3, -0.25) is 9.36 Å². The zero-order valence-electron chi connectivity index (χ0n) is 17.9. The first-order valence-electron chi connectivity index (χ1n) is 10.8. The summed E-state index contributed by atoms with van der Waals surface area (Å²) >= 11 is 3.39. The fourth-order valence-corrected chi connectivity index (χ4v) is 4.19. The Balaban J connectivity index is 1.31. The van der Waals surface area contributed by atoms with E-state index in [0.29, 0.717) is 5.56 Å². The smallest absolute Gasteiger partial charge is 0.255 e. The Hall–Kier alpha value is -3.70. The van der Waals surface area contributed by atoms with Gasteiger partial charge < -0.3 is 5.32 Å². The highest BCUT2D eigenvalue weighted by Crippen LogP contribution is 2.23. The standard InChI is InChI=1S/C28H22BrN3O/c29-22-15-13-21(14-16-22)28(33)30-23-17-10-20(11-18-23)12-19-27-31-25-8-4-5-9-26(25)32(27)24-6-2-1-3-7-24/h1-11,13-18H,12,19H2,(H,30,33). The molecule has 0 fully saturated rings. The number of halogens is 1. The molecular weight excluding hydrogens is 474 g/mol. The van der Waals surface area contributed by atoms with Gasteiger partial charge in [-0.05, 0) is 72.6 Å². The molecule has 0 saturated heterocycles. The fourth-order valence-electron chi connectivity index (χ4n) is 3.92. The van der Waals surface area contributed by atoms with E-state index < -0.39 is 0 Å². The molecule has 162 valence electrons. The molecule has 0 bridgehead atoms. The molecule has 0 radical (unpaired) electrons. The number of hydrogen-bond acceptors (Lipinski definition) is 2. The Morgan fingerprint density at radius 3 is 2.24 bits per heavy atom. The van der Waals surface area contributed by atoms with Crippen molar-refractivity contribution in [1.82, 2.24) is 9.55 Å². The molecule has 0 spiro atoms. The molecule has 1 amide bonds. The third-order valence-electron chi connectivity index (χ3n) is 5.60. The van der Waals surface area contributed by atoms with Gasteiger partial charge in [0.15, 0.2) is 0 Å². The molecule has 0 aliphatic rings. The van der Waals surface area contributed by atoms with Crippen LogP contribution in [0.1, 0.15) is 21.7 Å². The summed E-state index contributed by atoms with van der Waals surface area (Å²) in [6, 6.07) is 33.9. The minimum atomic E-state index is -0.119. The number of amides is 1. The van der Waals surface area contributed by atoms with E-state index in [4.69, 9.17) is 4.98 Å². The number of rotatable bonds is 6. The molecule has 1 heterocycles. The first kappa shape index (κ1) is 21.2. The van der Waals surface area contributed by atoms with Gasteiger partial charge in [0.25, 0.3) is 5.91 Å². The SMILES string of the molecule is O=C(Nc1ccc(CCc2nc3ccccc3n2-c2ccccc2)cc1)c1ccc(Br)cc1. The number of carbonyl (C=O) groups is 1. The van der Waals surface area contributed by atoms with E-state index in [1.807, 2.05) is 36.4 Å². The largest absolute Gasteiger partial charge is 0.322 e. The zero-order valence-corrected chi connectivity index (χ0v) is 19.5. The quantitative estimate of drug-likeness (QED) is 0.280. The number of nitrogens with one attached hydrogen (secondary N) is 1. The van der Waals surface area contributed by atoms with Gasteiger partial charge in [-0.15, -0.1) is 0 Å². The summed E-state index contributed by atoms with van der Waals surface area (Å²) in [7, 11) is 0. The molecule has 4 nitrogen and oxygen atoms in total.